The van der Waals surface area contributed by atoms with Crippen molar-refractivity contribution in [3.8, 4) is 44.8 Å². The number of benzene rings is 9. The molecule has 0 atom stereocenters. The molecule has 2 aromatic heterocycles. The molecule has 0 fully saturated rings. The first-order valence-corrected chi connectivity index (χ1v) is 19.6. The van der Waals surface area contributed by atoms with Gasteiger partial charge < -0.3 is 14.0 Å². The first kappa shape index (κ1) is 31.7. The number of anilines is 3. The molecule has 9 aromatic carbocycles. The van der Waals surface area contributed by atoms with Crippen molar-refractivity contribution in [2.75, 3.05) is 4.90 Å². The lowest BCUT2D eigenvalue weighted by Crippen LogP contribution is -2.14. The molecule has 1 aliphatic heterocycles. The van der Waals surface area contributed by atoms with Crippen LogP contribution in [0.15, 0.2) is 212 Å². The molecule has 0 N–H and O–H groups in total. The van der Waals surface area contributed by atoms with Crippen LogP contribution in [0.2, 0.25) is 0 Å². The minimum atomic E-state index is 1.11. The zero-order valence-corrected chi connectivity index (χ0v) is 31.0. The van der Waals surface area contributed by atoms with E-state index in [2.05, 4.69) is 226 Å². The molecule has 0 amide bonds. The Morgan fingerprint density at radius 3 is 1.65 bits per heavy atom. The lowest BCUT2D eigenvalue weighted by atomic mass is 9.91. The molecule has 3 heterocycles. The van der Waals surface area contributed by atoms with Crippen molar-refractivity contribution >= 4 is 60.7 Å². The average Bonchev–Trinajstić information content (AvgIpc) is 3.80. The average molecular weight is 726 g/mol. The van der Waals surface area contributed by atoms with E-state index in [0.717, 1.165) is 28.4 Å². The summed E-state index contributed by atoms with van der Waals surface area (Å²) >= 11 is 0. The van der Waals surface area contributed by atoms with Crippen LogP contribution in [0.4, 0.5) is 17.1 Å². The van der Waals surface area contributed by atoms with Crippen LogP contribution in [0.3, 0.4) is 0 Å². The van der Waals surface area contributed by atoms with E-state index in [1.165, 1.54) is 77.0 Å². The number of hydrogen-bond donors (Lipinski definition) is 0. The summed E-state index contributed by atoms with van der Waals surface area (Å²) in [5.74, 6) is 0. The Morgan fingerprint density at radius 1 is 0.263 bits per heavy atom. The van der Waals surface area contributed by atoms with Crippen LogP contribution in [0.25, 0.3) is 88.4 Å². The van der Waals surface area contributed by atoms with Crippen molar-refractivity contribution in [1.29, 1.82) is 0 Å². The summed E-state index contributed by atoms with van der Waals surface area (Å²) in [6, 6.07) is 77.7. The van der Waals surface area contributed by atoms with Gasteiger partial charge in [0, 0.05) is 44.0 Å². The monoisotopic (exact) mass is 725 g/mol. The molecule has 57 heavy (non-hydrogen) atoms. The van der Waals surface area contributed by atoms with Crippen LogP contribution in [0.1, 0.15) is 0 Å². The number of rotatable bonds is 3. The molecule has 0 radical (unpaired) electrons. The van der Waals surface area contributed by atoms with Gasteiger partial charge in [0.15, 0.2) is 0 Å². The second-order valence-corrected chi connectivity index (χ2v) is 14.9. The second-order valence-electron chi connectivity index (χ2n) is 14.9. The molecule has 3 nitrogen and oxygen atoms in total. The number of para-hydroxylation sites is 6. The normalized spacial score (nSPS) is 12.2. The number of nitrogens with zero attached hydrogens (tertiary/aromatic N) is 3. The molecule has 3 heteroatoms. The zero-order chi connectivity index (χ0) is 37.5. The van der Waals surface area contributed by atoms with Crippen LogP contribution in [-0.4, -0.2) is 9.13 Å². The van der Waals surface area contributed by atoms with E-state index >= 15 is 0 Å². The molecule has 0 spiro atoms. The quantitative estimate of drug-likeness (QED) is 0.177. The largest absolute Gasteiger partial charge is 0.309 e. The van der Waals surface area contributed by atoms with E-state index in [1.807, 2.05) is 0 Å². The van der Waals surface area contributed by atoms with Crippen molar-refractivity contribution < 1.29 is 0 Å². The predicted octanol–water partition coefficient (Wildman–Crippen LogP) is 14.7. The minimum absolute atomic E-state index is 1.11. The molecular formula is C54H35N3. The van der Waals surface area contributed by atoms with E-state index in [0.29, 0.717) is 0 Å². The predicted molar refractivity (Wildman–Crippen MR) is 240 cm³/mol. The van der Waals surface area contributed by atoms with E-state index in [1.54, 1.807) is 0 Å². The third kappa shape index (κ3) is 4.73. The maximum Gasteiger partial charge on any atom is 0.0703 e. The molecule has 266 valence electrons. The Labute approximate surface area is 330 Å². The summed E-state index contributed by atoms with van der Waals surface area (Å²) in [5.41, 5.74) is 17.7. The van der Waals surface area contributed by atoms with E-state index in [4.69, 9.17) is 0 Å². The molecule has 0 aliphatic carbocycles. The van der Waals surface area contributed by atoms with Crippen LogP contribution in [0.5, 0.6) is 0 Å². The van der Waals surface area contributed by atoms with E-state index < -0.39 is 0 Å². The smallest absolute Gasteiger partial charge is 0.0703 e. The van der Waals surface area contributed by atoms with E-state index in [9.17, 15) is 0 Å². The van der Waals surface area contributed by atoms with Crippen molar-refractivity contribution in [3.05, 3.63) is 212 Å². The topological polar surface area (TPSA) is 13.1 Å². The molecule has 0 unspecified atom stereocenters. The molecule has 1 aliphatic rings. The van der Waals surface area contributed by atoms with Gasteiger partial charge in [-0.15, -0.1) is 0 Å². The van der Waals surface area contributed by atoms with Crippen LogP contribution in [-0.2, 0) is 0 Å². The van der Waals surface area contributed by atoms with Crippen molar-refractivity contribution in [1.82, 2.24) is 9.13 Å². The van der Waals surface area contributed by atoms with Gasteiger partial charge in [0.05, 0.1) is 39.1 Å². The highest BCUT2D eigenvalue weighted by Gasteiger charge is 2.27. The summed E-state index contributed by atoms with van der Waals surface area (Å²) in [7, 11) is 0. The van der Waals surface area contributed by atoms with E-state index in [-0.39, 0.29) is 0 Å². The van der Waals surface area contributed by atoms with Gasteiger partial charge in [-0.1, -0.05) is 146 Å². The van der Waals surface area contributed by atoms with Gasteiger partial charge in [-0.25, -0.2) is 0 Å². The summed E-state index contributed by atoms with van der Waals surface area (Å²) in [4.78, 5) is 2.43. The Hall–Kier alpha value is -7.62. The van der Waals surface area contributed by atoms with Crippen molar-refractivity contribution in [3.63, 3.8) is 0 Å². The lowest BCUT2D eigenvalue weighted by Gasteiger charge is -2.31. The molecule has 12 rings (SSSR count). The molecule has 0 bridgehead atoms. The van der Waals surface area contributed by atoms with Gasteiger partial charge in [0.2, 0.25) is 0 Å². The first-order valence-electron chi connectivity index (χ1n) is 19.6. The number of fused-ring (bicyclic) bond motifs is 12. The number of hydrogen-bond acceptors (Lipinski definition) is 1. The Kier molecular flexibility index (Phi) is 6.93. The van der Waals surface area contributed by atoms with Crippen LogP contribution >= 0.6 is 0 Å². The van der Waals surface area contributed by atoms with Gasteiger partial charge in [-0.05, 0) is 89.0 Å². The highest BCUT2D eigenvalue weighted by Crippen LogP contribution is 2.50. The van der Waals surface area contributed by atoms with Gasteiger partial charge in [0.1, 0.15) is 0 Å². The van der Waals surface area contributed by atoms with Crippen molar-refractivity contribution in [2.45, 2.75) is 0 Å². The molecule has 11 aromatic rings. The zero-order valence-electron chi connectivity index (χ0n) is 31.0. The van der Waals surface area contributed by atoms with Crippen LogP contribution in [0, 0.1) is 0 Å². The first-order chi connectivity index (χ1) is 28.3. The summed E-state index contributed by atoms with van der Waals surface area (Å²) in [5, 5.41) is 4.94. The van der Waals surface area contributed by atoms with Gasteiger partial charge in [-0.3, -0.25) is 0 Å². The summed E-state index contributed by atoms with van der Waals surface area (Å²) in [6.07, 6.45) is 0. The summed E-state index contributed by atoms with van der Waals surface area (Å²) < 4.78 is 4.95. The second kappa shape index (κ2) is 12.5. The van der Waals surface area contributed by atoms with Gasteiger partial charge >= 0.3 is 0 Å². The highest BCUT2D eigenvalue weighted by molar-refractivity contribution is 6.17. The fourth-order valence-corrected chi connectivity index (χ4v) is 9.40. The maximum absolute atomic E-state index is 2.51. The van der Waals surface area contributed by atoms with Crippen molar-refractivity contribution in [2.24, 2.45) is 0 Å². The van der Waals surface area contributed by atoms with Crippen LogP contribution < -0.4 is 4.90 Å². The lowest BCUT2D eigenvalue weighted by molar-refractivity contribution is 1.14. The standard InChI is InChI=1S/C54H35N3/c1-3-16-36(17-4-1)37-30-32-50-46(34-37)43-23-10-12-27-49(43)56(50)39-31-33-51-47(35-39)45-25-15-24-44-41-21-8-7-20-40(41)42-22-9-11-26-48(42)55(38-18-5-2-6-19-38)52-28-13-14-29-53(52)57(51)54(44)45/h1-35H. The SMILES string of the molecule is c1ccc(-c2ccc3c(c2)c2ccccc2n3-c2ccc3c(c2)c2cccc4c2n3-c2ccccc2N(c2ccccc2)c2ccccc2-c2ccccc2-4)cc1. The van der Waals surface area contributed by atoms with Gasteiger partial charge in [-0.2, -0.15) is 0 Å². The maximum atomic E-state index is 2.51. The highest BCUT2D eigenvalue weighted by atomic mass is 15.2. The minimum Gasteiger partial charge on any atom is -0.309 e. The molecular weight excluding hydrogens is 691 g/mol. The summed E-state index contributed by atoms with van der Waals surface area (Å²) in [6.45, 7) is 0. The molecule has 0 saturated heterocycles. The fourth-order valence-electron chi connectivity index (χ4n) is 9.40. The Morgan fingerprint density at radius 2 is 0.825 bits per heavy atom. The Balaban J connectivity index is 1.18. The third-order valence-corrected chi connectivity index (χ3v) is 11.8. The fraction of sp³-hybridized carbons (Fsp3) is 0. The van der Waals surface area contributed by atoms with Gasteiger partial charge in [0.25, 0.3) is 0 Å². The number of aromatic nitrogens is 2. The Bertz CT molecular complexity index is 3350. The third-order valence-electron chi connectivity index (χ3n) is 11.8. The molecule has 0 saturated carbocycles.